The predicted molar refractivity (Wildman–Crippen MR) is 77.5 cm³/mol. The Labute approximate surface area is 123 Å². The lowest BCUT2D eigenvalue weighted by atomic mass is 10.0. The zero-order chi connectivity index (χ0) is 15.5. The van der Waals surface area contributed by atoms with Crippen molar-refractivity contribution in [1.82, 2.24) is 0 Å². The predicted octanol–water partition coefficient (Wildman–Crippen LogP) is 2.38. The number of primary amides is 1. The van der Waals surface area contributed by atoms with Gasteiger partial charge in [-0.2, -0.15) is 0 Å². The van der Waals surface area contributed by atoms with Gasteiger partial charge in [-0.25, -0.2) is 8.42 Å². The van der Waals surface area contributed by atoms with Crippen LogP contribution in [0.4, 0.5) is 0 Å². The van der Waals surface area contributed by atoms with Gasteiger partial charge in [0.2, 0.25) is 0 Å². The van der Waals surface area contributed by atoms with Crippen molar-refractivity contribution in [1.29, 1.82) is 0 Å². The average Bonchev–Trinajstić information content (AvgIpc) is 2.34. The lowest BCUT2D eigenvalue weighted by Gasteiger charge is -2.19. The third-order valence-corrected chi connectivity index (χ3v) is 4.19. The standard InChI is InChI=1S/C13H18ClNO4S/c1-4-11(13(15)16)19-12-6-5-9(20(14,17)18)7-10(12)8(2)3/h5-8,11H,4H2,1-3H3,(H2,15,16). The highest BCUT2D eigenvalue weighted by Gasteiger charge is 2.20. The average molecular weight is 320 g/mol. The van der Waals surface area contributed by atoms with Crippen LogP contribution in [0.2, 0.25) is 0 Å². The van der Waals surface area contributed by atoms with Crippen molar-refractivity contribution < 1.29 is 17.9 Å². The fraction of sp³-hybridized carbons (Fsp3) is 0.462. The molecule has 1 aromatic carbocycles. The normalized spacial score (nSPS) is 13.2. The van der Waals surface area contributed by atoms with E-state index in [4.69, 9.17) is 21.2 Å². The highest BCUT2D eigenvalue weighted by Crippen LogP contribution is 2.31. The molecule has 1 amide bonds. The Hall–Kier alpha value is -1.27. The minimum atomic E-state index is -3.80. The van der Waals surface area contributed by atoms with Crippen molar-refractivity contribution >= 4 is 25.6 Å². The Bertz CT molecular complexity index is 598. The third kappa shape index (κ3) is 4.11. The summed E-state index contributed by atoms with van der Waals surface area (Å²) in [6, 6.07) is 4.30. The molecule has 0 saturated carbocycles. The first-order chi connectivity index (χ1) is 9.16. The molecule has 0 bridgehead atoms. The van der Waals surface area contributed by atoms with Crippen LogP contribution >= 0.6 is 10.7 Å². The van der Waals surface area contributed by atoms with Gasteiger partial charge < -0.3 is 10.5 Å². The first-order valence-electron chi connectivity index (χ1n) is 6.21. The molecule has 1 unspecified atom stereocenters. The molecule has 0 aliphatic rings. The Kier molecular flexibility index (Phi) is 5.42. The summed E-state index contributed by atoms with van der Waals surface area (Å²) in [5.41, 5.74) is 5.90. The van der Waals surface area contributed by atoms with Crippen LogP contribution in [0.5, 0.6) is 5.75 Å². The number of benzene rings is 1. The van der Waals surface area contributed by atoms with Gasteiger partial charge in [-0.15, -0.1) is 0 Å². The summed E-state index contributed by atoms with van der Waals surface area (Å²) in [6.07, 6.45) is -0.312. The van der Waals surface area contributed by atoms with Gasteiger partial charge in [0, 0.05) is 10.7 Å². The van der Waals surface area contributed by atoms with E-state index in [9.17, 15) is 13.2 Å². The van der Waals surface area contributed by atoms with Gasteiger partial charge in [-0.3, -0.25) is 4.79 Å². The largest absolute Gasteiger partial charge is 0.480 e. The van der Waals surface area contributed by atoms with Crippen molar-refractivity contribution in [3.05, 3.63) is 23.8 Å². The third-order valence-electron chi connectivity index (χ3n) is 2.84. The fourth-order valence-corrected chi connectivity index (χ4v) is 2.52. The van der Waals surface area contributed by atoms with E-state index in [0.717, 1.165) is 0 Å². The Morgan fingerprint density at radius 1 is 1.40 bits per heavy atom. The molecular weight excluding hydrogens is 302 g/mol. The van der Waals surface area contributed by atoms with Gasteiger partial charge in [0.25, 0.3) is 15.0 Å². The number of nitrogens with two attached hydrogens (primary N) is 1. The van der Waals surface area contributed by atoms with E-state index in [1.165, 1.54) is 18.2 Å². The molecule has 1 atom stereocenters. The van der Waals surface area contributed by atoms with Crippen LogP contribution in [-0.4, -0.2) is 20.4 Å². The Morgan fingerprint density at radius 3 is 2.40 bits per heavy atom. The van der Waals surface area contributed by atoms with E-state index in [2.05, 4.69) is 0 Å². The summed E-state index contributed by atoms with van der Waals surface area (Å²) in [4.78, 5) is 11.2. The Balaban J connectivity index is 3.24. The van der Waals surface area contributed by atoms with Crippen LogP contribution in [0.15, 0.2) is 23.1 Å². The van der Waals surface area contributed by atoms with Gasteiger partial charge in [0.1, 0.15) is 5.75 Å². The van der Waals surface area contributed by atoms with Crippen LogP contribution in [0, 0.1) is 0 Å². The van der Waals surface area contributed by atoms with Gasteiger partial charge in [-0.1, -0.05) is 20.8 Å². The zero-order valence-electron chi connectivity index (χ0n) is 11.6. The number of rotatable bonds is 6. The number of carbonyl (C=O) groups excluding carboxylic acids is 1. The van der Waals surface area contributed by atoms with Crippen LogP contribution in [0.3, 0.4) is 0 Å². The van der Waals surface area contributed by atoms with Crippen molar-refractivity contribution in [3.8, 4) is 5.75 Å². The number of hydrogen-bond acceptors (Lipinski definition) is 4. The lowest BCUT2D eigenvalue weighted by Crippen LogP contribution is -2.33. The molecule has 2 N–H and O–H groups in total. The molecular formula is C13H18ClNO4S. The monoisotopic (exact) mass is 319 g/mol. The van der Waals surface area contributed by atoms with E-state index in [1.54, 1.807) is 6.92 Å². The maximum absolute atomic E-state index is 11.4. The van der Waals surface area contributed by atoms with E-state index in [0.29, 0.717) is 17.7 Å². The molecule has 0 aromatic heterocycles. The molecule has 1 aromatic rings. The summed E-state index contributed by atoms with van der Waals surface area (Å²) >= 11 is 0. The topological polar surface area (TPSA) is 86.5 Å². The molecule has 112 valence electrons. The summed E-state index contributed by atoms with van der Waals surface area (Å²) in [6.45, 7) is 5.55. The van der Waals surface area contributed by atoms with Crippen molar-refractivity contribution in [2.24, 2.45) is 5.73 Å². The number of ether oxygens (including phenoxy) is 1. The first kappa shape index (κ1) is 16.8. The maximum Gasteiger partial charge on any atom is 0.261 e. The summed E-state index contributed by atoms with van der Waals surface area (Å²) in [7, 11) is 1.53. The highest BCUT2D eigenvalue weighted by atomic mass is 35.7. The van der Waals surface area contributed by atoms with Gasteiger partial charge >= 0.3 is 0 Å². The van der Waals surface area contributed by atoms with E-state index in [1.807, 2.05) is 13.8 Å². The molecule has 20 heavy (non-hydrogen) atoms. The van der Waals surface area contributed by atoms with E-state index in [-0.39, 0.29) is 10.8 Å². The smallest absolute Gasteiger partial charge is 0.261 e. The molecule has 0 spiro atoms. The second kappa shape index (κ2) is 6.45. The van der Waals surface area contributed by atoms with E-state index >= 15 is 0 Å². The molecule has 1 rings (SSSR count). The first-order valence-corrected chi connectivity index (χ1v) is 8.52. The molecule has 7 heteroatoms. The highest BCUT2D eigenvalue weighted by molar-refractivity contribution is 8.13. The van der Waals surface area contributed by atoms with Crippen molar-refractivity contribution in [2.45, 2.75) is 44.1 Å². The van der Waals surface area contributed by atoms with Crippen LogP contribution in [0.25, 0.3) is 0 Å². The number of carbonyl (C=O) groups is 1. The molecule has 0 radical (unpaired) electrons. The van der Waals surface area contributed by atoms with Crippen molar-refractivity contribution in [2.75, 3.05) is 0 Å². The molecule has 0 fully saturated rings. The zero-order valence-corrected chi connectivity index (χ0v) is 13.2. The molecule has 0 aliphatic heterocycles. The SMILES string of the molecule is CCC(Oc1ccc(S(=O)(=O)Cl)cc1C(C)C)C(N)=O. The van der Waals surface area contributed by atoms with Gasteiger partial charge in [0.15, 0.2) is 6.10 Å². The van der Waals surface area contributed by atoms with Gasteiger partial charge in [-0.05, 0) is 36.1 Å². The van der Waals surface area contributed by atoms with Crippen LogP contribution in [-0.2, 0) is 13.8 Å². The lowest BCUT2D eigenvalue weighted by molar-refractivity contribution is -0.124. The quantitative estimate of drug-likeness (QED) is 0.815. The molecule has 0 aliphatic carbocycles. The second-order valence-electron chi connectivity index (χ2n) is 4.71. The maximum atomic E-state index is 11.4. The van der Waals surface area contributed by atoms with Gasteiger partial charge in [0.05, 0.1) is 4.90 Å². The minimum absolute atomic E-state index is 0.00217. The van der Waals surface area contributed by atoms with E-state index < -0.39 is 21.1 Å². The summed E-state index contributed by atoms with van der Waals surface area (Å²) in [5.74, 6) is -0.111. The van der Waals surface area contributed by atoms with Crippen LogP contribution in [0.1, 0.15) is 38.7 Å². The molecule has 5 nitrogen and oxygen atoms in total. The van der Waals surface area contributed by atoms with Crippen molar-refractivity contribution in [3.63, 3.8) is 0 Å². The summed E-state index contributed by atoms with van der Waals surface area (Å²) < 4.78 is 28.3. The fourth-order valence-electron chi connectivity index (χ4n) is 1.73. The Morgan fingerprint density at radius 2 is 2.00 bits per heavy atom. The van der Waals surface area contributed by atoms with Crippen LogP contribution < -0.4 is 10.5 Å². The molecule has 0 heterocycles. The summed E-state index contributed by atoms with van der Waals surface area (Å²) in [5, 5.41) is 0. The number of halogens is 1. The minimum Gasteiger partial charge on any atom is -0.480 e. The number of amides is 1. The molecule has 0 saturated heterocycles. The number of hydrogen-bond donors (Lipinski definition) is 1. The second-order valence-corrected chi connectivity index (χ2v) is 7.28.